The van der Waals surface area contributed by atoms with Crippen LogP contribution >= 0.6 is 34.0 Å². The molecule has 0 radical (unpaired) electrons. The van der Waals surface area contributed by atoms with Gasteiger partial charge in [0.25, 0.3) is 0 Å². The van der Waals surface area contributed by atoms with Gasteiger partial charge in [-0.05, 0) is 28.8 Å². The maximum absolute atomic E-state index is 4.72. The van der Waals surface area contributed by atoms with Gasteiger partial charge >= 0.3 is 0 Å². The zero-order chi connectivity index (χ0) is 8.10. The Morgan fingerprint density at radius 2 is 1.91 bits per heavy atom. The molecule has 0 aromatic rings. The highest BCUT2D eigenvalue weighted by atomic mass is 33.1. The van der Waals surface area contributed by atoms with Gasteiger partial charge in [0, 0.05) is 30.9 Å². The van der Waals surface area contributed by atoms with E-state index < -0.39 is 0 Å². The number of thiocarbonyl (C=S) groups is 1. The molecule has 11 heavy (non-hydrogen) atoms. The van der Waals surface area contributed by atoms with Crippen LogP contribution in [0.15, 0.2) is 0 Å². The Labute approximate surface area is 81.2 Å². The fourth-order valence-electron chi connectivity index (χ4n) is 0.941. The molecule has 0 spiro atoms. The van der Waals surface area contributed by atoms with Crippen molar-refractivity contribution >= 4 is 38.7 Å². The zero-order valence-corrected chi connectivity index (χ0v) is 8.97. The van der Waals surface area contributed by atoms with Crippen molar-refractivity contribution in [2.45, 2.75) is 0 Å². The summed E-state index contributed by atoms with van der Waals surface area (Å²) in [4.78, 5) is 2.35. The van der Waals surface area contributed by atoms with Crippen molar-refractivity contribution in [3.63, 3.8) is 0 Å². The molecule has 0 N–H and O–H groups in total. The first-order chi connectivity index (χ1) is 5.33. The number of nitrogens with zero attached hydrogens (tertiary/aromatic N) is 2. The van der Waals surface area contributed by atoms with Crippen molar-refractivity contribution in [1.29, 1.82) is 0 Å². The molecule has 0 aromatic heterocycles. The molecule has 64 valence electrons. The van der Waals surface area contributed by atoms with Crippen molar-refractivity contribution in [3.8, 4) is 0 Å². The first-order valence-electron chi connectivity index (χ1n) is 3.53. The largest absolute Gasteiger partial charge is 0.304 e. The maximum Gasteiger partial charge on any atom is 0.0464 e. The predicted molar refractivity (Wildman–Crippen MR) is 57.9 cm³/mol. The molecule has 2 nitrogen and oxygen atoms in total. The van der Waals surface area contributed by atoms with E-state index in [0.717, 1.165) is 13.1 Å². The average Bonchev–Trinajstić information content (AvgIpc) is 2.04. The molecule has 0 atom stereocenters. The number of piperazine rings is 1. The summed E-state index contributed by atoms with van der Waals surface area (Å²) in [5.41, 5.74) is 0. The molecule has 0 aromatic carbocycles. The normalized spacial score (nSPS) is 21.9. The third-order valence-electron chi connectivity index (χ3n) is 1.65. The van der Waals surface area contributed by atoms with E-state index in [9.17, 15) is 0 Å². The van der Waals surface area contributed by atoms with Gasteiger partial charge in [0.1, 0.15) is 0 Å². The Hall–Kier alpha value is 0.710. The van der Waals surface area contributed by atoms with E-state index >= 15 is 0 Å². The highest BCUT2D eigenvalue weighted by Gasteiger charge is 2.13. The molecule has 5 heteroatoms. The van der Waals surface area contributed by atoms with Crippen molar-refractivity contribution in [2.24, 2.45) is 0 Å². The van der Waals surface area contributed by atoms with Gasteiger partial charge in [-0.1, -0.05) is 12.2 Å². The molecule has 1 rings (SSSR count). The van der Waals surface area contributed by atoms with Crippen LogP contribution in [-0.4, -0.2) is 47.1 Å². The summed E-state index contributed by atoms with van der Waals surface area (Å²) >= 11 is 4.72. The Balaban J connectivity index is 2.12. The molecule has 0 aliphatic carbocycles. The summed E-state index contributed by atoms with van der Waals surface area (Å²) in [5.74, 6) is 0. The molecule has 1 fully saturated rings. The Kier molecular flexibility index (Phi) is 4.78. The fraction of sp³-hybridized carbons (Fsp3) is 0.833. The van der Waals surface area contributed by atoms with Gasteiger partial charge in [-0.25, -0.2) is 4.31 Å². The third-order valence-corrected chi connectivity index (χ3v) is 4.22. The molecule has 0 unspecified atom stereocenters. The van der Waals surface area contributed by atoms with E-state index in [4.69, 9.17) is 12.2 Å². The van der Waals surface area contributed by atoms with Crippen LogP contribution in [0.4, 0.5) is 0 Å². The van der Waals surface area contributed by atoms with Crippen LogP contribution in [-0.2, 0) is 0 Å². The van der Waals surface area contributed by atoms with Crippen molar-refractivity contribution in [3.05, 3.63) is 0 Å². The molecule has 0 bridgehead atoms. The lowest BCUT2D eigenvalue weighted by molar-refractivity contribution is 0.235. The van der Waals surface area contributed by atoms with E-state index in [1.165, 1.54) is 13.1 Å². The van der Waals surface area contributed by atoms with E-state index in [1.54, 1.807) is 26.5 Å². The summed E-state index contributed by atoms with van der Waals surface area (Å²) in [5, 5.41) is 0. The molecule has 1 saturated heterocycles. The molecule has 1 heterocycles. The van der Waals surface area contributed by atoms with Gasteiger partial charge in [-0.2, -0.15) is 0 Å². The van der Waals surface area contributed by atoms with E-state index in [1.807, 2.05) is 0 Å². The molecule has 1 aliphatic heterocycles. The number of hydrogen-bond acceptors (Lipinski definition) is 5. The predicted octanol–water partition coefficient (Wildman–Crippen LogP) is 1.49. The van der Waals surface area contributed by atoms with Crippen LogP contribution in [0.3, 0.4) is 0 Å². The van der Waals surface area contributed by atoms with Crippen LogP contribution in [0.2, 0.25) is 0 Å². The monoisotopic (exact) mass is 208 g/mol. The second-order valence-corrected chi connectivity index (χ2v) is 5.15. The minimum absolute atomic E-state index is 1.15. The zero-order valence-electron chi connectivity index (χ0n) is 6.52. The van der Waals surface area contributed by atoms with E-state index in [-0.39, 0.29) is 0 Å². The molecular weight excluding hydrogens is 196 g/mol. The standard InChI is InChI=1S/C6H12N2S3/c1-7-2-4-8(5-3-7)11-10-6-9/h6H,2-5H2,1H3. The highest BCUT2D eigenvalue weighted by molar-refractivity contribution is 8.82. The maximum atomic E-state index is 4.72. The van der Waals surface area contributed by atoms with Gasteiger partial charge < -0.3 is 4.90 Å². The Morgan fingerprint density at radius 1 is 1.27 bits per heavy atom. The van der Waals surface area contributed by atoms with Gasteiger partial charge in [-0.15, -0.1) is 0 Å². The van der Waals surface area contributed by atoms with Gasteiger partial charge in [0.05, 0.1) is 0 Å². The van der Waals surface area contributed by atoms with Crippen molar-refractivity contribution in [1.82, 2.24) is 9.21 Å². The lowest BCUT2D eigenvalue weighted by Gasteiger charge is -2.30. The molecule has 1 aliphatic rings. The van der Waals surface area contributed by atoms with Gasteiger partial charge in [-0.3, -0.25) is 0 Å². The first kappa shape index (κ1) is 9.80. The topological polar surface area (TPSA) is 6.48 Å². The fourth-order valence-corrected chi connectivity index (χ4v) is 2.64. The van der Waals surface area contributed by atoms with Crippen molar-refractivity contribution < 1.29 is 0 Å². The number of rotatable bonds is 3. The Bertz CT molecular complexity index is 123. The second-order valence-electron chi connectivity index (χ2n) is 2.50. The lowest BCUT2D eigenvalue weighted by atomic mass is 10.4. The van der Waals surface area contributed by atoms with Gasteiger partial charge in [0.2, 0.25) is 0 Å². The smallest absolute Gasteiger partial charge is 0.0464 e. The van der Waals surface area contributed by atoms with Crippen LogP contribution in [0, 0.1) is 0 Å². The summed E-state index contributed by atoms with van der Waals surface area (Å²) in [7, 11) is 5.55. The minimum atomic E-state index is 1.15. The molecule has 0 amide bonds. The summed E-state index contributed by atoms with van der Waals surface area (Å²) in [6, 6.07) is 0. The SMILES string of the molecule is CN1CCN(SSC=S)CC1. The second kappa shape index (κ2) is 5.37. The van der Waals surface area contributed by atoms with E-state index in [0.29, 0.717) is 0 Å². The quantitative estimate of drug-likeness (QED) is 0.393. The van der Waals surface area contributed by atoms with Crippen LogP contribution < -0.4 is 0 Å². The van der Waals surface area contributed by atoms with Crippen LogP contribution in [0.5, 0.6) is 0 Å². The first-order valence-corrected chi connectivity index (χ1v) is 6.17. The minimum Gasteiger partial charge on any atom is -0.304 e. The average molecular weight is 208 g/mol. The number of likely N-dealkylation sites (N-methyl/N-ethyl adjacent to an activating group) is 1. The highest BCUT2D eigenvalue weighted by Crippen LogP contribution is 2.24. The van der Waals surface area contributed by atoms with E-state index in [2.05, 4.69) is 16.3 Å². The Morgan fingerprint density at radius 3 is 2.45 bits per heavy atom. The summed E-state index contributed by atoms with van der Waals surface area (Å²) < 4.78 is 4.07. The van der Waals surface area contributed by atoms with Crippen molar-refractivity contribution in [2.75, 3.05) is 33.2 Å². The van der Waals surface area contributed by atoms with Crippen LogP contribution in [0.25, 0.3) is 0 Å². The summed E-state index contributed by atoms with van der Waals surface area (Å²) in [6.07, 6.45) is 0. The lowest BCUT2D eigenvalue weighted by Crippen LogP contribution is -2.40. The number of hydrogen-bond donors (Lipinski definition) is 0. The summed E-state index contributed by atoms with van der Waals surface area (Å²) in [6.45, 7) is 4.64. The third kappa shape index (κ3) is 3.75. The molecule has 0 saturated carbocycles. The van der Waals surface area contributed by atoms with Gasteiger partial charge in [0.15, 0.2) is 0 Å². The van der Waals surface area contributed by atoms with Crippen LogP contribution in [0.1, 0.15) is 0 Å². The molecular formula is C6H12N2S3.